The average molecular weight is 330 g/mol. The van der Waals surface area contributed by atoms with Crippen molar-refractivity contribution in [1.29, 1.82) is 0 Å². The first-order valence-corrected chi connectivity index (χ1v) is 7.85. The maximum atomic E-state index is 13.3. The molecule has 0 amide bonds. The zero-order valence-electron chi connectivity index (χ0n) is 11.3. The minimum absolute atomic E-state index is 0.0124. The Bertz CT molecular complexity index is 783. The van der Waals surface area contributed by atoms with E-state index in [1.807, 2.05) is 0 Å². The number of hydrogen-bond donors (Lipinski definition) is 2. The van der Waals surface area contributed by atoms with Gasteiger partial charge in [-0.05, 0) is 49.2 Å². The number of hydrogen-bond acceptors (Lipinski definition) is 3. The fourth-order valence-electron chi connectivity index (χ4n) is 2.10. The molecule has 0 aliphatic rings. The molecule has 2 rings (SSSR count). The zero-order chi connectivity index (χ0) is 15.8. The summed E-state index contributed by atoms with van der Waals surface area (Å²) < 4.78 is 40.4. The first kappa shape index (κ1) is 15.6. The third-order valence-electron chi connectivity index (χ3n) is 2.89. The van der Waals surface area contributed by atoms with Crippen molar-refractivity contribution < 1.29 is 17.9 Å². The van der Waals surface area contributed by atoms with Gasteiger partial charge in [0, 0.05) is 6.07 Å². The van der Waals surface area contributed by atoms with Gasteiger partial charge in [0.15, 0.2) is 0 Å². The number of aromatic hydroxyl groups is 1. The molecule has 0 radical (unpaired) electrons. The second kappa shape index (κ2) is 5.54. The second-order valence-electron chi connectivity index (χ2n) is 4.64. The van der Waals surface area contributed by atoms with E-state index < -0.39 is 15.8 Å². The van der Waals surface area contributed by atoms with Crippen LogP contribution in [-0.2, 0) is 10.0 Å². The van der Waals surface area contributed by atoms with Gasteiger partial charge < -0.3 is 5.11 Å². The minimum Gasteiger partial charge on any atom is -0.506 e. The first-order valence-electron chi connectivity index (χ1n) is 5.99. The van der Waals surface area contributed by atoms with E-state index in [2.05, 4.69) is 4.72 Å². The van der Waals surface area contributed by atoms with Gasteiger partial charge in [-0.2, -0.15) is 0 Å². The molecular formula is C14H13ClFNO3S. The summed E-state index contributed by atoms with van der Waals surface area (Å²) >= 11 is 5.67. The van der Waals surface area contributed by atoms with Crippen LogP contribution in [-0.4, -0.2) is 13.5 Å². The van der Waals surface area contributed by atoms with Gasteiger partial charge in [0.1, 0.15) is 11.6 Å². The van der Waals surface area contributed by atoms with E-state index in [9.17, 15) is 17.9 Å². The van der Waals surface area contributed by atoms with Crippen LogP contribution in [0.3, 0.4) is 0 Å². The van der Waals surface area contributed by atoms with Crippen molar-refractivity contribution in [2.75, 3.05) is 4.72 Å². The predicted octanol–water partition coefficient (Wildman–Crippen LogP) is 3.60. The molecule has 0 heterocycles. The molecule has 0 aromatic heterocycles. The van der Waals surface area contributed by atoms with Crippen molar-refractivity contribution in [2.24, 2.45) is 0 Å². The van der Waals surface area contributed by atoms with Crippen molar-refractivity contribution in [1.82, 2.24) is 0 Å². The van der Waals surface area contributed by atoms with E-state index in [0.29, 0.717) is 11.1 Å². The lowest BCUT2D eigenvalue weighted by atomic mass is 10.1. The number of phenols is 1. The number of benzene rings is 2. The molecule has 2 aromatic rings. The molecule has 0 aliphatic heterocycles. The highest BCUT2D eigenvalue weighted by molar-refractivity contribution is 7.92. The number of rotatable bonds is 3. The summed E-state index contributed by atoms with van der Waals surface area (Å²) in [7, 11) is -3.89. The molecule has 0 fully saturated rings. The largest absolute Gasteiger partial charge is 0.506 e. The van der Waals surface area contributed by atoms with E-state index in [0.717, 1.165) is 12.1 Å². The molecule has 112 valence electrons. The van der Waals surface area contributed by atoms with Crippen molar-refractivity contribution in [2.45, 2.75) is 18.7 Å². The van der Waals surface area contributed by atoms with Gasteiger partial charge in [-0.1, -0.05) is 11.6 Å². The number of anilines is 1. The lowest BCUT2D eigenvalue weighted by Crippen LogP contribution is -2.16. The number of aryl methyl sites for hydroxylation is 2. The van der Waals surface area contributed by atoms with Crippen LogP contribution in [0.2, 0.25) is 5.02 Å². The Balaban J connectivity index is 2.46. The van der Waals surface area contributed by atoms with Crippen molar-refractivity contribution in [3.8, 4) is 5.75 Å². The normalized spacial score (nSPS) is 11.4. The van der Waals surface area contributed by atoms with Gasteiger partial charge in [-0.25, -0.2) is 12.8 Å². The number of sulfonamides is 1. The molecule has 0 unspecified atom stereocenters. The lowest BCUT2D eigenvalue weighted by molar-refractivity contribution is 0.476. The molecule has 2 aromatic carbocycles. The summed E-state index contributed by atoms with van der Waals surface area (Å²) in [5, 5.41) is 9.61. The van der Waals surface area contributed by atoms with Crippen LogP contribution in [0.25, 0.3) is 0 Å². The molecular weight excluding hydrogens is 317 g/mol. The maximum absolute atomic E-state index is 13.3. The smallest absolute Gasteiger partial charge is 0.262 e. The Hall–Kier alpha value is -1.79. The zero-order valence-corrected chi connectivity index (χ0v) is 12.9. The van der Waals surface area contributed by atoms with E-state index in [4.69, 9.17) is 11.6 Å². The molecule has 4 nitrogen and oxygen atoms in total. The lowest BCUT2D eigenvalue weighted by Gasteiger charge is -2.13. The summed E-state index contributed by atoms with van der Waals surface area (Å²) in [5.41, 5.74) is 0.774. The maximum Gasteiger partial charge on any atom is 0.262 e. The van der Waals surface area contributed by atoms with Gasteiger partial charge in [0.2, 0.25) is 0 Å². The second-order valence-corrected chi connectivity index (χ2v) is 6.67. The summed E-state index contributed by atoms with van der Waals surface area (Å²) in [6, 6.07) is 6.31. The fourth-order valence-corrected chi connectivity index (χ4v) is 3.73. The monoisotopic (exact) mass is 329 g/mol. The molecule has 21 heavy (non-hydrogen) atoms. The molecule has 0 spiro atoms. The third-order valence-corrected chi connectivity index (χ3v) is 4.90. The topological polar surface area (TPSA) is 66.4 Å². The number of halogens is 2. The van der Waals surface area contributed by atoms with E-state index in [-0.39, 0.29) is 21.4 Å². The van der Waals surface area contributed by atoms with Crippen LogP contribution in [0.1, 0.15) is 11.1 Å². The van der Waals surface area contributed by atoms with Crippen LogP contribution in [0.5, 0.6) is 5.75 Å². The molecule has 0 saturated carbocycles. The number of nitrogens with one attached hydrogen (secondary N) is 1. The summed E-state index contributed by atoms with van der Waals surface area (Å²) in [6.45, 7) is 3.04. The summed E-state index contributed by atoms with van der Waals surface area (Å²) in [4.78, 5) is 0.0124. The van der Waals surface area contributed by atoms with E-state index in [1.165, 1.54) is 32.0 Å². The Kier molecular flexibility index (Phi) is 4.11. The summed E-state index contributed by atoms with van der Waals surface area (Å²) in [6.07, 6.45) is 0. The Morgan fingerprint density at radius 1 is 1.14 bits per heavy atom. The fraction of sp³-hybridized carbons (Fsp3) is 0.143. The van der Waals surface area contributed by atoms with Gasteiger partial charge in [-0.3, -0.25) is 4.72 Å². The van der Waals surface area contributed by atoms with Crippen LogP contribution in [0.15, 0.2) is 35.2 Å². The van der Waals surface area contributed by atoms with Gasteiger partial charge in [0.05, 0.1) is 15.6 Å². The van der Waals surface area contributed by atoms with Crippen LogP contribution in [0, 0.1) is 19.7 Å². The van der Waals surface area contributed by atoms with Crippen molar-refractivity contribution >= 4 is 27.3 Å². The molecule has 0 atom stereocenters. The molecule has 0 bridgehead atoms. The Morgan fingerprint density at radius 3 is 2.24 bits per heavy atom. The molecule has 7 heteroatoms. The Labute approximate surface area is 127 Å². The third kappa shape index (κ3) is 3.28. The van der Waals surface area contributed by atoms with E-state index in [1.54, 1.807) is 0 Å². The molecule has 2 N–H and O–H groups in total. The van der Waals surface area contributed by atoms with Crippen LogP contribution < -0.4 is 4.72 Å². The predicted molar refractivity (Wildman–Crippen MR) is 79.8 cm³/mol. The highest BCUT2D eigenvalue weighted by Crippen LogP contribution is 2.29. The highest BCUT2D eigenvalue weighted by atomic mass is 35.5. The average Bonchev–Trinajstić information content (AvgIpc) is 2.31. The minimum atomic E-state index is -3.89. The first-order chi connectivity index (χ1) is 9.70. The highest BCUT2D eigenvalue weighted by Gasteiger charge is 2.20. The standard InChI is InChI=1S/C14H13ClFNO3S/c1-8-5-10(16)6-9(2)14(8)21(19,20)17-11-3-4-12(15)13(18)7-11/h3-7,17-18H,1-2H3. The molecule has 0 aliphatic carbocycles. The van der Waals surface area contributed by atoms with Crippen LogP contribution in [0.4, 0.5) is 10.1 Å². The van der Waals surface area contributed by atoms with Gasteiger partial charge in [-0.15, -0.1) is 0 Å². The quantitative estimate of drug-likeness (QED) is 0.904. The SMILES string of the molecule is Cc1cc(F)cc(C)c1S(=O)(=O)Nc1ccc(Cl)c(O)c1. The van der Waals surface area contributed by atoms with Crippen molar-refractivity contribution in [3.63, 3.8) is 0 Å². The Morgan fingerprint density at radius 2 is 1.71 bits per heavy atom. The van der Waals surface area contributed by atoms with Gasteiger partial charge in [0.25, 0.3) is 10.0 Å². The summed E-state index contributed by atoms with van der Waals surface area (Å²) in [5.74, 6) is -0.725. The van der Waals surface area contributed by atoms with Gasteiger partial charge >= 0.3 is 0 Å². The van der Waals surface area contributed by atoms with Crippen LogP contribution >= 0.6 is 11.6 Å². The van der Waals surface area contributed by atoms with Crippen molar-refractivity contribution in [3.05, 3.63) is 52.3 Å². The molecule has 0 saturated heterocycles. The van der Waals surface area contributed by atoms with E-state index >= 15 is 0 Å². The number of phenolic OH excluding ortho intramolecular Hbond substituents is 1.